The molecule has 2 aromatic heterocycles. The number of rotatable bonds is 4. The van der Waals surface area contributed by atoms with E-state index in [2.05, 4.69) is 31.5 Å². The fourth-order valence-electron chi connectivity index (χ4n) is 1.36. The standard InChI is InChI=1S/C12H12BrN3O2/c13-11-2-1-10(18-11)8-16-12(17)15-7-9-3-5-14-6-4-9/h1-6H,7-8H2,(H2,15,16,17). The Balaban J connectivity index is 1.73. The smallest absolute Gasteiger partial charge is 0.315 e. The van der Waals surface area contributed by atoms with Crippen LogP contribution in [0.2, 0.25) is 0 Å². The van der Waals surface area contributed by atoms with Crippen LogP contribution in [0.5, 0.6) is 0 Å². The van der Waals surface area contributed by atoms with Gasteiger partial charge in [0.2, 0.25) is 0 Å². The molecular weight excluding hydrogens is 298 g/mol. The topological polar surface area (TPSA) is 67.2 Å². The molecule has 0 bridgehead atoms. The van der Waals surface area contributed by atoms with E-state index in [9.17, 15) is 4.79 Å². The van der Waals surface area contributed by atoms with E-state index < -0.39 is 0 Å². The highest BCUT2D eigenvalue weighted by molar-refractivity contribution is 9.10. The minimum absolute atomic E-state index is 0.237. The van der Waals surface area contributed by atoms with Gasteiger partial charge >= 0.3 is 6.03 Å². The van der Waals surface area contributed by atoms with Gasteiger partial charge in [0.1, 0.15) is 5.76 Å². The highest BCUT2D eigenvalue weighted by Crippen LogP contribution is 2.13. The van der Waals surface area contributed by atoms with Crippen molar-refractivity contribution in [1.82, 2.24) is 15.6 Å². The zero-order valence-corrected chi connectivity index (χ0v) is 11.1. The van der Waals surface area contributed by atoms with Crippen molar-refractivity contribution in [2.24, 2.45) is 0 Å². The minimum atomic E-state index is -0.237. The van der Waals surface area contributed by atoms with Gasteiger partial charge < -0.3 is 15.1 Å². The highest BCUT2D eigenvalue weighted by Gasteiger charge is 2.03. The van der Waals surface area contributed by atoms with Crippen LogP contribution in [0.1, 0.15) is 11.3 Å². The van der Waals surface area contributed by atoms with Gasteiger partial charge in [0, 0.05) is 18.9 Å². The lowest BCUT2D eigenvalue weighted by molar-refractivity contribution is 0.239. The number of carbonyl (C=O) groups is 1. The molecule has 0 saturated heterocycles. The number of hydrogen-bond donors (Lipinski definition) is 2. The summed E-state index contributed by atoms with van der Waals surface area (Å²) in [5.74, 6) is 0.695. The van der Waals surface area contributed by atoms with Crippen LogP contribution >= 0.6 is 15.9 Å². The molecule has 94 valence electrons. The Hall–Kier alpha value is -1.82. The first-order chi connectivity index (χ1) is 8.74. The Labute approximate surface area is 113 Å². The predicted molar refractivity (Wildman–Crippen MR) is 69.7 cm³/mol. The quantitative estimate of drug-likeness (QED) is 0.911. The Morgan fingerprint density at radius 3 is 2.56 bits per heavy atom. The van der Waals surface area contributed by atoms with Gasteiger partial charge in [-0.3, -0.25) is 4.98 Å². The lowest BCUT2D eigenvalue weighted by Gasteiger charge is -2.06. The first kappa shape index (κ1) is 12.6. The van der Waals surface area contributed by atoms with Gasteiger partial charge in [-0.25, -0.2) is 4.79 Å². The van der Waals surface area contributed by atoms with Crippen LogP contribution < -0.4 is 10.6 Å². The second-order valence-corrected chi connectivity index (χ2v) is 4.38. The third-order valence-corrected chi connectivity index (χ3v) is 2.68. The fraction of sp³-hybridized carbons (Fsp3) is 0.167. The summed E-state index contributed by atoms with van der Waals surface area (Å²) in [6.07, 6.45) is 3.38. The van der Waals surface area contributed by atoms with Crippen LogP contribution in [0, 0.1) is 0 Å². The van der Waals surface area contributed by atoms with E-state index in [4.69, 9.17) is 4.42 Å². The Morgan fingerprint density at radius 1 is 1.17 bits per heavy atom. The second kappa shape index (κ2) is 6.20. The Morgan fingerprint density at radius 2 is 1.89 bits per heavy atom. The molecule has 0 unspecified atom stereocenters. The van der Waals surface area contributed by atoms with Crippen molar-refractivity contribution in [3.63, 3.8) is 0 Å². The molecule has 2 aromatic rings. The van der Waals surface area contributed by atoms with Crippen molar-refractivity contribution < 1.29 is 9.21 Å². The first-order valence-corrected chi connectivity index (χ1v) is 6.18. The van der Waals surface area contributed by atoms with Crippen LogP contribution in [-0.4, -0.2) is 11.0 Å². The number of hydrogen-bond acceptors (Lipinski definition) is 3. The molecule has 2 N–H and O–H groups in total. The SMILES string of the molecule is O=C(NCc1ccncc1)NCc1ccc(Br)o1. The minimum Gasteiger partial charge on any atom is -0.452 e. The van der Waals surface area contributed by atoms with Crippen LogP contribution in [-0.2, 0) is 13.1 Å². The molecule has 6 heteroatoms. The molecule has 0 aromatic carbocycles. The molecule has 5 nitrogen and oxygen atoms in total. The number of carbonyl (C=O) groups excluding carboxylic acids is 1. The van der Waals surface area contributed by atoms with Gasteiger partial charge in [0.15, 0.2) is 4.67 Å². The predicted octanol–water partition coefficient (Wildman–Crippen LogP) is 2.44. The highest BCUT2D eigenvalue weighted by atomic mass is 79.9. The van der Waals surface area contributed by atoms with Crippen molar-refractivity contribution in [3.05, 3.63) is 52.7 Å². The van der Waals surface area contributed by atoms with Gasteiger partial charge in [-0.1, -0.05) is 0 Å². The molecule has 2 rings (SSSR count). The van der Waals surface area contributed by atoms with Gasteiger partial charge in [0.05, 0.1) is 6.54 Å². The summed E-state index contributed by atoms with van der Waals surface area (Å²) in [5.41, 5.74) is 1.00. The molecule has 0 aliphatic carbocycles. The van der Waals surface area contributed by atoms with E-state index in [0.717, 1.165) is 5.56 Å². The number of aromatic nitrogens is 1. The third-order valence-electron chi connectivity index (χ3n) is 2.25. The maximum atomic E-state index is 11.5. The number of halogens is 1. The van der Waals surface area contributed by atoms with E-state index in [0.29, 0.717) is 23.5 Å². The molecule has 0 saturated carbocycles. The van der Waals surface area contributed by atoms with Crippen LogP contribution in [0.3, 0.4) is 0 Å². The van der Waals surface area contributed by atoms with Crippen molar-refractivity contribution in [2.75, 3.05) is 0 Å². The lowest BCUT2D eigenvalue weighted by atomic mass is 10.3. The molecule has 2 amide bonds. The zero-order valence-electron chi connectivity index (χ0n) is 9.52. The Kier molecular flexibility index (Phi) is 4.35. The monoisotopic (exact) mass is 309 g/mol. The summed E-state index contributed by atoms with van der Waals surface area (Å²) in [7, 11) is 0. The van der Waals surface area contributed by atoms with Crippen LogP contribution in [0.4, 0.5) is 4.79 Å². The fourth-order valence-corrected chi connectivity index (χ4v) is 1.70. The summed E-state index contributed by atoms with van der Waals surface area (Å²) >= 11 is 3.20. The zero-order chi connectivity index (χ0) is 12.8. The lowest BCUT2D eigenvalue weighted by Crippen LogP contribution is -2.34. The number of amides is 2. The third kappa shape index (κ3) is 3.89. The summed E-state index contributed by atoms with van der Waals surface area (Å²) in [6, 6.07) is 7.05. The van der Waals surface area contributed by atoms with Gasteiger partial charge in [0.25, 0.3) is 0 Å². The summed E-state index contributed by atoms with van der Waals surface area (Å²) in [4.78, 5) is 15.4. The van der Waals surface area contributed by atoms with Crippen molar-refractivity contribution in [2.45, 2.75) is 13.1 Å². The van der Waals surface area contributed by atoms with Crippen LogP contribution in [0.25, 0.3) is 0 Å². The second-order valence-electron chi connectivity index (χ2n) is 3.60. The first-order valence-electron chi connectivity index (χ1n) is 5.39. The number of urea groups is 1. The van der Waals surface area contributed by atoms with Crippen LogP contribution in [0.15, 0.2) is 45.7 Å². The normalized spacial score (nSPS) is 10.1. The molecule has 0 spiro atoms. The summed E-state index contributed by atoms with van der Waals surface area (Å²) in [6.45, 7) is 0.823. The molecule has 2 heterocycles. The molecule has 0 aliphatic rings. The van der Waals surface area contributed by atoms with Crippen molar-refractivity contribution in [1.29, 1.82) is 0 Å². The maximum Gasteiger partial charge on any atom is 0.315 e. The molecule has 0 aliphatic heterocycles. The van der Waals surface area contributed by atoms with E-state index in [1.807, 2.05) is 12.1 Å². The number of furan rings is 1. The van der Waals surface area contributed by atoms with E-state index in [1.165, 1.54) is 0 Å². The van der Waals surface area contributed by atoms with E-state index in [1.54, 1.807) is 24.5 Å². The van der Waals surface area contributed by atoms with Gasteiger partial charge in [-0.2, -0.15) is 0 Å². The summed E-state index contributed by atoms with van der Waals surface area (Å²) < 4.78 is 5.91. The molecular formula is C12H12BrN3O2. The van der Waals surface area contributed by atoms with E-state index >= 15 is 0 Å². The number of nitrogens with one attached hydrogen (secondary N) is 2. The van der Waals surface area contributed by atoms with Gasteiger partial charge in [-0.05, 0) is 45.8 Å². The average molecular weight is 310 g/mol. The van der Waals surface area contributed by atoms with E-state index in [-0.39, 0.29) is 6.03 Å². The molecule has 0 radical (unpaired) electrons. The van der Waals surface area contributed by atoms with Crippen molar-refractivity contribution >= 4 is 22.0 Å². The van der Waals surface area contributed by atoms with Gasteiger partial charge in [-0.15, -0.1) is 0 Å². The maximum absolute atomic E-state index is 11.5. The van der Waals surface area contributed by atoms with Crippen molar-refractivity contribution in [3.8, 4) is 0 Å². The molecule has 18 heavy (non-hydrogen) atoms. The number of pyridine rings is 1. The molecule has 0 fully saturated rings. The Bertz CT molecular complexity index is 513. The number of nitrogens with zero attached hydrogens (tertiary/aromatic N) is 1. The molecule has 0 atom stereocenters. The average Bonchev–Trinajstić information content (AvgIpc) is 2.81. The summed E-state index contributed by atoms with van der Waals surface area (Å²) in [5, 5.41) is 5.45. The largest absolute Gasteiger partial charge is 0.452 e.